The molecule has 88 valence electrons. The van der Waals surface area contributed by atoms with Gasteiger partial charge in [0.05, 0.1) is 13.3 Å². The molecule has 5 heteroatoms. The number of aromatic nitrogens is 2. The van der Waals surface area contributed by atoms with E-state index in [0.29, 0.717) is 11.5 Å². The summed E-state index contributed by atoms with van der Waals surface area (Å²) in [5.74, 6) is 0.244. The Hall–Kier alpha value is -1.62. The highest BCUT2D eigenvalue weighted by molar-refractivity contribution is 9.10. The lowest BCUT2D eigenvalue weighted by atomic mass is 10.1. The largest absolute Gasteiger partial charge is 0.464 e. The summed E-state index contributed by atoms with van der Waals surface area (Å²) in [6.45, 7) is 1.99. The average molecular weight is 295 g/mol. The molecule has 0 spiro atoms. The van der Waals surface area contributed by atoms with Crippen molar-refractivity contribution >= 4 is 21.9 Å². The summed E-state index contributed by atoms with van der Waals surface area (Å²) in [6, 6.07) is 5.87. The lowest BCUT2D eigenvalue weighted by molar-refractivity contribution is 0.0595. The minimum atomic E-state index is -0.418. The first-order valence-corrected chi connectivity index (χ1v) is 5.81. The Morgan fingerprint density at radius 2 is 2.24 bits per heavy atom. The number of benzene rings is 1. The van der Waals surface area contributed by atoms with Crippen molar-refractivity contribution in [3.05, 3.63) is 40.1 Å². The molecule has 0 aliphatic rings. The molecule has 0 radical (unpaired) electrons. The van der Waals surface area contributed by atoms with Crippen molar-refractivity contribution in [3.63, 3.8) is 0 Å². The molecule has 0 bridgehead atoms. The van der Waals surface area contributed by atoms with Gasteiger partial charge >= 0.3 is 5.97 Å². The van der Waals surface area contributed by atoms with E-state index in [1.807, 2.05) is 25.1 Å². The van der Waals surface area contributed by atoms with Crippen LogP contribution in [0.5, 0.6) is 0 Å². The monoisotopic (exact) mass is 294 g/mol. The van der Waals surface area contributed by atoms with Gasteiger partial charge in [-0.1, -0.05) is 15.9 Å². The number of carbonyl (C=O) groups excluding carboxylic acids is 1. The molecule has 0 fully saturated rings. The van der Waals surface area contributed by atoms with E-state index >= 15 is 0 Å². The molecule has 0 unspecified atom stereocenters. The number of carbonyl (C=O) groups is 1. The summed E-state index contributed by atoms with van der Waals surface area (Å²) < 4.78 is 5.63. The summed E-state index contributed by atoms with van der Waals surface area (Å²) in [6.07, 6.45) is 1.47. The Balaban J connectivity index is 2.40. The van der Waals surface area contributed by atoms with Gasteiger partial charge < -0.3 is 9.72 Å². The van der Waals surface area contributed by atoms with E-state index in [2.05, 4.69) is 30.6 Å². The van der Waals surface area contributed by atoms with Crippen molar-refractivity contribution in [1.82, 2.24) is 9.97 Å². The quantitative estimate of drug-likeness (QED) is 0.867. The molecule has 1 aromatic heterocycles. The first-order valence-electron chi connectivity index (χ1n) is 5.01. The van der Waals surface area contributed by atoms with Crippen molar-refractivity contribution in [3.8, 4) is 11.4 Å². The Kier molecular flexibility index (Phi) is 3.28. The summed E-state index contributed by atoms with van der Waals surface area (Å²) in [5, 5.41) is 0. The highest BCUT2D eigenvalue weighted by Gasteiger charge is 2.11. The van der Waals surface area contributed by atoms with E-state index in [0.717, 1.165) is 15.6 Å². The number of aryl methyl sites for hydroxylation is 1. The van der Waals surface area contributed by atoms with Crippen LogP contribution in [0.15, 0.2) is 28.9 Å². The maximum Gasteiger partial charge on any atom is 0.356 e. The number of hydrogen-bond acceptors (Lipinski definition) is 3. The topological polar surface area (TPSA) is 55.0 Å². The second-order valence-electron chi connectivity index (χ2n) is 3.60. The molecule has 17 heavy (non-hydrogen) atoms. The highest BCUT2D eigenvalue weighted by atomic mass is 79.9. The van der Waals surface area contributed by atoms with E-state index in [1.165, 1.54) is 13.3 Å². The fourth-order valence-electron chi connectivity index (χ4n) is 1.56. The molecule has 0 saturated heterocycles. The van der Waals surface area contributed by atoms with Crippen LogP contribution >= 0.6 is 15.9 Å². The van der Waals surface area contributed by atoms with Gasteiger partial charge in [-0.3, -0.25) is 0 Å². The van der Waals surface area contributed by atoms with Gasteiger partial charge in [0.25, 0.3) is 0 Å². The summed E-state index contributed by atoms with van der Waals surface area (Å²) in [7, 11) is 1.34. The highest BCUT2D eigenvalue weighted by Crippen LogP contribution is 2.23. The third-order valence-electron chi connectivity index (χ3n) is 2.42. The van der Waals surface area contributed by atoms with Gasteiger partial charge in [-0.25, -0.2) is 9.78 Å². The molecular weight excluding hydrogens is 284 g/mol. The Bertz CT molecular complexity index is 563. The van der Waals surface area contributed by atoms with Crippen LogP contribution in [0.3, 0.4) is 0 Å². The van der Waals surface area contributed by atoms with Crippen molar-refractivity contribution in [2.45, 2.75) is 6.92 Å². The molecule has 1 aromatic carbocycles. The van der Waals surface area contributed by atoms with Gasteiger partial charge in [-0.15, -0.1) is 0 Å². The second-order valence-corrected chi connectivity index (χ2v) is 4.51. The smallest absolute Gasteiger partial charge is 0.356 e. The van der Waals surface area contributed by atoms with Crippen molar-refractivity contribution < 1.29 is 9.53 Å². The zero-order chi connectivity index (χ0) is 12.4. The molecule has 2 aromatic rings. The number of nitrogens with one attached hydrogen (secondary N) is 1. The second kappa shape index (κ2) is 4.71. The molecule has 0 aliphatic carbocycles. The summed E-state index contributed by atoms with van der Waals surface area (Å²) in [5.41, 5.74) is 2.39. The number of rotatable bonds is 2. The Morgan fingerprint density at radius 3 is 2.88 bits per heavy atom. The van der Waals surface area contributed by atoms with Crippen molar-refractivity contribution in [2.24, 2.45) is 0 Å². The summed E-state index contributed by atoms with van der Waals surface area (Å²) in [4.78, 5) is 18.4. The number of nitrogens with zero attached hydrogens (tertiary/aromatic N) is 1. The number of ether oxygens (including phenoxy) is 1. The zero-order valence-corrected chi connectivity index (χ0v) is 11.0. The van der Waals surface area contributed by atoms with E-state index in [9.17, 15) is 4.79 Å². The molecule has 0 saturated carbocycles. The van der Waals surface area contributed by atoms with Crippen molar-refractivity contribution in [1.29, 1.82) is 0 Å². The Morgan fingerprint density at radius 1 is 1.47 bits per heavy atom. The van der Waals surface area contributed by atoms with Gasteiger partial charge in [0, 0.05) is 10.0 Å². The standard InChI is InChI=1S/C12H11BrN2O2/c1-7-5-8(13)3-4-9(7)11-14-6-10(15-11)12(16)17-2/h3-6H,1-2H3,(H,14,15). The minimum absolute atomic E-state index is 0.352. The van der Waals surface area contributed by atoms with Crippen LogP contribution in [0.2, 0.25) is 0 Å². The van der Waals surface area contributed by atoms with Crippen molar-refractivity contribution in [2.75, 3.05) is 7.11 Å². The maximum absolute atomic E-state index is 11.3. The third kappa shape index (κ3) is 2.39. The maximum atomic E-state index is 11.3. The van der Waals surface area contributed by atoms with Crippen LogP contribution in [0, 0.1) is 6.92 Å². The zero-order valence-electron chi connectivity index (χ0n) is 9.45. The number of aromatic amines is 1. The van der Waals surface area contributed by atoms with Gasteiger partial charge in [0.2, 0.25) is 0 Å². The first-order chi connectivity index (χ1) is 8.11. The van der Waals surface area contributed by atoms with Crippen LogP contribution in [0.1, 0.15) is 16.1 Å². The Labute approximate surface area is 107 Å². The fourth-order valence-corrected chi connectivity index (χ4v) is 2.04. The molecule has 1 heterocycles. The number of halogens is 1. The summed E-state index contributed by atoms with van der Waals surface area (Å²) >= 11 is 3.40. The molecule has 0 amide bonds. The third-order valence-corrected chi connectivity index (χ3v) is 2.92. The van der Waals surface area contributed by atoms with Crippen LogP contribution < -0.4 is 0 Å². The first kappa shape index (κ1) is 11.9. The molecule has 1 N–H and O–H groups in total. The molecule has 0 aliphatic heterocycles. The lowest BCUT2D eigenvalue weighted by Gasteiger charge is -2.02. The van der Waals surface area contributed by atoms with Gasteiger partial charge in [0.1, 0.15) is 11.5 Å². The number of methoxy groups -OCH3 is 1. The van der Waals surface area contributed by atoms with Gasteiger partial charge in [-0.05, 0) is 30.7 Å². The van der Waals surface area contributed by atoms with Gasteiger partial charge in [-0.2, -0.15) is 0 Å². The predicted molar refractivity (Wildman–Crippen MR) is 67.8 cm³/mol. The van der Waals surface area contributed by atoms with E-state index in [-0.39, 0.29) is 0 Å². The minimum Gasteiger partial charge on any atom is -0.464 e. The molecule has 2 rings (SSSR count). The molecule has 0 atom stereocenters. The van der Waals surface area contributed by atoms with Crippen LogP contribution in [0.4, 0.5) is 0 Å². The number of hydrogen-bond donors (Lipinski definition) is 1. The van der Waals surface area contributed by atoms with E-state index in [4.69, 9.17) is 0 Å². The predicted octanol–water partition coefficient (Wildman–Crippen LogP) is 2.93. The van der Waals surface area contributed by atoms with Crippen LogP contribution in [-0.4, -0.2) is 23.0 Å². The fraction of sp³-hybridized carbons (Fsp3) is 0.167. The number of imidazole rings is 1. The van der Waals surface area contributed by atoms with E-state index < -0.39 is 5.97 Å². The molecule has 4 nitrogen and oxygen atoms in total. The van der Waals surface area contributed by atoms with Gasteiger partial charge in [0.15, 0.2) is 0 Å². The van der Waals surface area contributed by atoms with Crippen LogP contribution in [-0.2, 0) is 4.74 Å². The number of H-pyrrole nitrogens is 1. The number of esters is 1. The van der Waals surface area contributed by atoms with Crippen LogP contribution in [0.25, 0.3) is 11.4 Å². The normalized spacial score (nSPS) is 10.3. The molecular formula is C12H11BrN2O2. The SMILES string of the molecule is COC(=O)c1cnc(-c2ccc(Br)cc2C)[nH]1. The lowest BCUT2D eigenvalue weighted by Crippen LogP contribution is -2.01. The van der Waals surface area contributed by atoms with E-state index in [1.54, 1.807) is 0 Å². The average Bonchev–Trinajstić information content (AvgIpc) is 2.77.